The van der Waals surface area contributed by atoms with E-state index in [0.29, 0.717) is 34.7 Å². The average Bonchev–Trinajstić information content (AvgIpc) is 2.75. The maximum absolute atomic E-state index is 12.8. The van der Waals surface area contributed by atoms with Crippen LogP contribution < -0.4 is 25.3 Å². The van der Waals surface area contributed by atoms with Crippen molar-refractivity contribution in [3.8, 4) is 17.2 Å². The third-order valence-electron chi connectivity index (χ3n) is 4.52. The number of amides is 1. The van der Waals surface area contributed by atoms with Crippen LogP contribution in [0, 0.1) is 0 Å². The molecule has 0 radical (unpaired) electrons. The highest BCUT2D eigenvalue weighted by Crippen LogP contribution is 2.34. The first kappa shape index (κ1) is 22.3. The number of carbonyl (C=O) groups excluding carboxylic acids is 1. The smallest absolute Gasteiger partial charge is 0.253 e. The molecule has 0 saturated heterocycles. The number of hydrogen-bond donors (Lipinski definition) is 2. The Morgan fingerprint density at radius 3 is 2.17 bits per heavy atom. The number of hydrogen-bond acceptors (Lipinski definition) is 6. The Bertz CT molecular complexity index is 993. The fraction of sp³-hybridized carbons (Fsp3) is 0.238. The second-order valence-electron chi connectivity index (χ2n) is 6.11. The third kappa shape index (κ3) is 4.70. The molecule has 7 nitrogen and oxygen atoms in total. The molecule has 3 rings (SSSR count). The van der Waals surface area contributed by atoms with Gasteiger partial charge in [0.25, 0.3) is 5.91 Å². The minimum Gasteiger partial charge on any atom is -0.497 e. The molecule has 0 aliphatic carbocycles. The van der Waals surface area contributed by atoms with Gasteiger partial charge in [-0.1, -0.05) is 12.1 Å². The van der Waals surface area contributed by atoms with Crippen molar-refractivity contribution in [1.29, 1.82) is 0 Å². The largest absolute Gasteiger partial charge is 0.497 e. The molecule has 154 valence electrons. The molecule has 0 fully saturated rings. The van der Waals surface area contributed by atoms with E-state index in [9.17, 15) is 4.79 Å². The molecule has 0 spiro atoms. The molecule has 0 unspecified atom stereocenters. The molecule has 0 aliphatic rings. The monoisotopic (exact) mass is 417 g/mol. The second-order valence-corrected chi connectivity index (χ2v) is 6.11. The van der Waals surface area contributed by atoms with Gasteiger partial charge in [0, 0.05) is 30.1 Å². The van der Waals surface area contributed by atoms with E-state index in [1.165, 1.54) is 0 Å². The third-order valence-corrected chi connectivity index (χ3v) is 4.52. The molecule has 1 amide bonds. The van der Waals surface area contributed by atoms with Crippen LogP contribution in [0.2, 0.25) is 0 Å². The van der Waals surface area contributed by atoms with Crippen molar-refractivity contribution in [3.05, 3.63) is 59.4 Å². The highest BCUT2D eigenvalue weighted by atomic mass is 35.5. The number of carbonyl (C=O) groups is 1. The van der Waals surface area contributed by atoms with Crippen LogP contribution in [-0.4, -0.2) is 32.2 Å². The molecule has 3 aromatic rings. The summed E-state index contributed by atoms with van der Waals surface area (Å²) in [6, 6.07) is 11.1. The molecule has 0 aliphatic heterocycles. The first-order chi connectivity index (χ1) is 13.6. The van der Waals surface area contributed by atoms with E-state index in [-0.39, 0.29) is 24.9 Å². The Kier molecular flexibility index (Phi) is 7.64. The van der Waals surface area contributed by atoms with Crippen LogP contribution in [0.15, 0.2) is 42.6 Å². The van der Waals surface area contributed by atoms with Crippen LogP contribution in [0.3, 0.4) is 0 Å². The number of benzene rings is 2. The van der Waals surface area contributed by atoms with Gasteiger partial charge in [-0.2, -0.15) is 0 Å². The van der Waals surface area contributed by atoms with Gasteiger partial charge < -0.3 is 25.3 Å². The lowest BCUT2D eigenvalue weighted by molar-refractivity contribution is 0.0952. The molecule has 1 heterocycles. The van der Waals surface area contributed by atoms with Crippen LogP contribution in [0.1, 0.15) is 21.6 Å². The second kappa shape index (κ2) is 9.95. The molecule has 2 aromatic carbocycles. The van der Waals surface area contributed by atoms with E-state index < -0.39 is 0 Å². The Labute approximate surface area is 175 Å². The topological polar surface area (TPSA) is 95.7 Å². The van der Waals surface area contributed by atoms with E-state index in [2.05, 4.69) is 10.3 Å². The van der Waals surface area contributed by atoms with Crippen LogP contribution in [-0.2, 0) is 13.1 Å². The van der Waals surface area contributed by atoms with Crippen LogP contribution in [0.5, 0.6) is 17.2 Å². The van der Waals surface area contributed by atoms with E-state index in [1.54, 1.807) is 39.7 Å². The van der Waals surface area contributed by atoms with Gasteiger partial charge in [-0.15, -0.1) is 12.4 Å². The summed E-state index contributed by atoms with van der Waals surface area (Å²) >= 11 is 0. The standard InChI is InChI=1S/C21H23N3O4.ClH/c1-26-14-6-4-13(5-7-14)11-24-21(25)17-12-23-18(10-22)16-9-20(28-3)19(27-2)8-15(16)17;/h4-9,12H,10-11,22H2,1-3H3,(H,24,25);1H. The Morgan fingerprint density at radius 2 is 1.62 bits per heavy atom. The number of nitrogens with zero attached hydrogens (tertiary/aromatic N) is 1. The van der Waals surface area contributed by atoms with Gasteiger partial charge in [0.2, 0.25) is 0 Å². The van der Waals surface area contributed by atoms with Gasteiger partial charge in [0.1, 0.15) is 5.75 Å². The van der Waals surface area contributed by atoms with Crippen molar-refractivity contribution in [2.75, 3.05) is 21.3 Å². The summed E-state index contributed by atoms with van der Waals surface area (Å²) in [4.78, 5) is 17.2. The molecule has 3 N–H and O–H groups in total. The minimum absolute atomic E-state index is 0. The summed E-state index contributed by atoms with van der Waals surface area (Å²) in [6.07, 6.45) is 1.54. The van der Waals surface area contributed by atoms with Gasteiger partial charge >= 0.3 is 0 Å². The number of methoxy groups -OCH3 is 3. The predicted octanol–water partition coefficient (Wildman–Crippen LogP) is 3.07. The summed E-state index contributed by atoms with van der Waals surface area (Å²) in [7, 11) is 4.73. The number of rotatable bonds is 7. The number of nitrogens with one attached hydrogen (secondary N) is 1. The van der Waals surface area contributed by atoms with Crippen LogP contribution in [0.4, 0.5) is 0 Å². The molecular formula is C21H24ClN3O4. The number of ether oxygens (including phenoxy) is 3. The summed E-state index contributed by atoms with van der Waals surface area (Å²) in [5.41, 5.74) is 7.91. The van der Waals surface area contributed by atoms with Crippen molar-refractivity contribution in [2.24, 2.45) is 5.73 Å². The highest BCUT2D eigenvalue weighted by Gasteiger charge is 2.17. The predicted molar refractivity (Wildman–Crippen MR) is 114 cm³/mol. The maximum atomic E-state index is 12.8. The molecule has 0 saturated carbocycles. The Morgan fingerprint density at radius 1 is 1.00 bits per heavy atom. The van der Waals surface area contributed by atoms with Gasteiger partial charge in [0.15, 0.2) is 11.5 Å². The fourth-order valence-corrected chi connectivity index (χ4v) is 2.99. The molecule has 29 heavy (non-hydrogen) atoms. The normalized spacial score (nSPS) is 10.2. The number of nitrogens with two attached hydrogens (primary N) is 1. The van der Waals surface area contributed by atoms with Crippen molar-refractivity contribution in [2.45, 2.75) is 13.1 Å². The Hall–Kier alpha value is -3.03. The zero-order valence-corrected chi connectivity index (χ0v) is 17.3. The Balaban J connectivity index is 0.00000300. The SMILES string of the molecule is COc1ccc(CNC(=O)c2cnc(CN)c3cc(OC)c(OC)cc23)cc1.Cl. The summed E-state index contributed by atoms with van der Waals surface area (Å²) in [5, 5.41) is 4.40. The summed E-state index contributed by atoms with van der Waals surface area (Å²) in [5.74, 6) is 1.63. The van der Waals surface area contributed by atoms with Crippen LogP contribution in [0.25, 0.3) is 10.8 Å². The molecule has 0 bridgehead atoms. The minimum atomic E-state index is -0.232. The van der Waals surface area contributed by atoms with Crippen LogP contribution >= 0.6 is 12.4 Å². The molecular weight excluding hydrogens is 394 g/mol. The first-order valence-corrected chi connectivity index (χ1v) is 8.76. The highest BCUT2D eigenvalue weighted by molar-refractivity contribution is 6.08. The zero-order valence-electron chi connectivity index (χ0n) is 16.5. The van der Waals surface area contributed by atoms with Crippen molar-refractivity contribution in [3.63, 3.8) is 0 Å². The van der Waals surface area contributed by atoms with Gasteiger partial charge in [-0.05, 0) is 29.8 Å². The van der Waals surface area contributed by atoms with Gasteiger partial charge in [-0.25, -0.2) is 0 Å². The summed E-state index contributed by atoms with van der Waals surface area (Å²) in [6.45, 7) is 0.635. The lowest BCUT2D eigenvalue weighted by Crippen LogP contribution is -2.23. The van der Waals surface area contributed by atoms with E-state index in [4.69, 9.17) is 19.9 Å². The average molecular weight is 418 g/mol. The van der Waals surface area contributed by atoms with E-state index in [1.807, 2.05) is 24.3 Å². The number of halogens is 1. The molecule has 8 heteroatoms. The number of aromatic nitrogens is 1. The molecule has 0 atom stereocenters. The first-order valence-electron chi connectivity index (χ1n) is 8.76. The number of fused-ring (bicyclic) bond motifs is 1. The lowest BCUT2D eigenvalue weighted by Gasteiger charge is -2.14. The zero-order chi connectivity index (χ0) is 20.1. The summed E-state index contributed by atoms with van der Waals surface area (Å²) < 4.78 is 15.9. The fourth-order valence-electron chi connectivity index (χ4n) is 2.99. The van der Waals surface area contributed by atoms with Gasteiger partial charge in [0.05, 0.1) is 32.6 Å². The van der Waals surface area contributed by atoms with E-state index in [0.717, 1.165) is 16.7 Å². The van der Waals surface area contributed by atoms with Gasteiger partial charge in [-0.3, -0.25) is 9.78 Å². The van der Waals surface area contributed by atoms with Crippen molar-refractivity contribution < 1.29 is 19.0 Å². The van der Waals surface area contributed by atoms with Crippen molar-refractivity contribution >= 4 is 29.1 Å². The maximum Gasteiger partial charge on any atom is 0.253 e. The molecule has 1 aromatic heterocycles. The number of pyridine rings is 1. The van der Waals surface area contributed by atoms with E-state index >= 15 is 0 Å². The quantitative estimate of drug-likeness (QED) is 0.613. The lowest BCUT2D eigenvalue weighted by atomic mass is 10.0. The van der Waals surface area contributed by atoms with Crippen molar-refractivity contribution in [1.82, 2.24) is 10.3 Å².